The standard InChI is InChI=1S/C25H25ClN4O2/c26-21-9-5-4-6-17(21)15-32-19-12-10-16(11-13-19)20-14-22(31)28-25-23(20)24(29-30-25)27-18-7-2-1-3-8-18/h1-13,20,23-25,27,29-30H,14-15H2,(H,28,31). The summed E-state index contributed by atoms with van der Waals surface area (Å²) >= 11 is 6.22. The molecule has 1 amide bonds. The van der Waals surface area contributed by atoms with Gasteiger partial charge in [-0.05, 0) is 35.9 Å². The van der Waals surface area contributed by atoms with Crippen molar-refractivity contribution >= 4 is 23.2 Å². The minimum atomic E-state index is -0.140. The summed E-state index contributed by atoms with van der Waals surface area (Å²) in [6, 6.07) is 25.8. The molecule has 2 saturated heterocycles. The third-order valence-electron chi connectivity index (χ3n) is 6.11. The lowest BCUT2D eigenvalue weighted by Gasteiger charge is -2.36. The van der Waals surface area contributed by atoms with Gasteiger partial charge in [0.05, 0.1) is 12.3 Å². The van der Waals surface area contributed by atoms with Crippen molar-refractivity contribution in [2.75, 3.05) is 5.32 Å². The molecule has 32 heavy (non-hydrogen) atoms. The molecule has 4 unspecified atom stereocenters. The summed E-state index contributed by atoms with van der Waals surface area (Å²) in [4.78, 5) is 12.4. The Kier molecular flexibility index (Phi) is 5.99. The van der Waals surface area contributed by atoms with Crippen LogP contribution in [0.5, 0.6) is 5.75 Å². The normalized spacial score (nSPS) is 24.5. The summed E-state index contributed by atoms with van der Waals surface area (Å²) < 4.78 is 5.92. The first-order valence-electron chi connectivity index (χ1n) is 10.8. The van der Waals surface area contributed by atoms with E-state index in [4.69, 9.17) is 16.3 Å². The number of hydrazine groups is 1. The van der Waals surface area contributed by atoms with E-state index in [9.17, 15) is 4.79 Å². The van der Waals surface area contributed by atoms with Gasteiger partial charge in [-0.1, -0.05) is 60.1 Å². The number of halogens is 1. The number of hydrogen-bond acceptors (Lipinski definition) is 5. The second kappa shape index (κ2) is 9.20. The van der Waals surface area contributed by atoms with Crippen molar-refractivity contribution in [1.29, 1.82) is 0 Å². The van der Waals surface area contributed by atoms with E-state index in [2.05, 4.69) is 33.6 Å². The van der Waals surface area contributed by atoms with Gasteiger partial charge in [0.15, 0.2) is 0 Å². The smallest absolute Gasteiger partial charge is 0.221 e. The first-order valence-corrected chi connectivity index (χ1v) is 11.1. The SMILES string of the molecule is O=C1CC(c2ccc(OCc3ccccc3Cl)cc2)C2C(NNC2Nc2ccccc2)N1. The molecule has 0 aliphatic carbocycles. The average Bonchev–Trinajstić information content (AvgIpc) is 3.21. The highest BCUT2D eigenvalue weighted by atomic mass is 35.5. The maximum absolute atomic E-state index is 12.4. The van der Waals surface area contributed by atoms with E-state index in [1.165, 1.54) is 0 Å². The van der Waals surface area contributed by atoms with Gasteiger partial charge >= 0.3 is 0 Å². The molecule has 0 spiro atoms. The summed E-state index contributed by atoms with van der Waals surface area (Å²) in [6.07, 6.45) is 0.278. The number of amides is 1. The summed E-state index contributed by atoms with van der Waals surface area (Å²) in [5, 5.41) is 7.30. The van der Waals surface area contributed by atoms with Crippen LogP contribution in [0.4, 0.5) is 5.69 Å². The van der Waals surface area contributed by atoms with Crippen molar-refractivity contribution in [2.24, 2.45) is 5.92 Å². The second-order valence-corrected chi connectivity index (χ2v) is 8.57. The number of hydrogen-bond donors (Lipinski definition) is 4. The average molecular weight is 449 g/mol. The highest BCUT2D eigenvalue weighted by Gasteiger charge is 2.46. The number of anilines is 1. The van der Waals surface area contributed by atoms with Crippen molar-refractivity contribution in [2.45, 2.75) is 31.3 Å². The topological polar surface area (TPSA) is 74.4 Å². The van der Waals surface area contributed by atoms with E-state index < -0.39 is 0 Å². The molecule has 7 heteroatoms. The first kappa shape index (κ1) is 20.8. The number of ether oxygens (including phenoxy) is 1. The zero-order valence-corrected chi connectivity index (χ0v) is 18.2. The molecule has 4 N–H and O–H groups in total. The molecule has 164 valence electrons. The van der Waals surface area contributed by atoms with E-state index >= 15 is 0 Å². The van der Waals surface area contributed by atoms with Gasteiger partial charge in [-0.15, -0.1) is 0 Å². The lowest BCUT2D eigenvalue weighted by atomic mass is 9.78. The molecule has 6 nitrogen and oxygen atoms in total. The third-order valence-corrected chi connectivity index (χ3v) is 6.48. The number of carbonyl (C=O) groups excluding carboxylic acids is 1. The van der Waals surface area contributed by atoms with Gasteiger partial charge in [-0.25, -0.2) is 10.9 Å². The summed E-state index contributed by atoms with van der Waals surface area (Å²) in [5.41, 5.74) is 9.64. The maximum atomic E-state index is 12.4. The van der Waals surface area contributed by atoms with E-state index in [-0.39, 0.29) is 30.1 Å². The fourth-order valence-corrected chi connectivity index (χ4v) is 4.69. The Morgan fingerprint density at radius 3 is 2.47 bits per heavy atom. The Bertz CT molecular complexity index is 1080. The molecule has 0 radical (unpaired) electrons. The lowest BCUT2D eigenvalue weighted by Crippen LogP contribution is -2.53. The first-order chi connectivity index (χ1) is 15.7. The maximum Gasteiger partial charge on any atom is 0.221 e. The number of piperidine rings is 1. The fraction of sp³-hybridized carbons (Fsp3) is 0.240. The fourth-order valence-electron chi connectivity index (χ4n) is 4.50. The quantitative estimate of drug-likeness (QED) is 0.458. The number of nitrogens with one attached hydrogen (secondary N) is 4. The summed E-state index contributed by atoms with van der Waals surface area (Å²) in [7, 11) is 0. The zero-order valence-electron chi connectivity index (χ0n) is 17.4. The van der Waals surface area contributed by atoms with Gasteiger partial charge < -0.3 is 15.4 Å². The highest BCUT2D eigenvalue weighted by molar-refractivity contribution is 6.31. The highest BCUT2D eigenvalue weighted by Crippen LogP contribution is 2.38. The van der Waals surface area contributed by atoms with Crippen molar-refractivity contribution < 1.29 is 9.53 Å². The molecule has 2 fully saturated rings. The molecule has 2 heterocycles. The van der Waals surface area contributed by atoms with Crippen LogP contribution in [0.15, 0.2) is 78.9 Å². The lowest BCUT2D eigenvalue weighted by molar-refractivity contribution is -0.125. The van der Waals surface area contributed by atoms with E-state index in [0.29, 0.717) is 18.1 Å². The number of benzene rings is 3. The van der Waals surface area contributed by atoms with E-state index in [1.54, 1.807) is 0 Å². The molecule has 0 saturated carbocycles. The van der Waals surface area contributed by atoms with Crippen LogP contribution in [0.25, 0.3) is 0 Å². The van der Waals surface area contributed by atoms with Crippen LogP contribution in [0.1, 0.15) is 23.5 Å². The van der Waals surface area contributed by atoms with Crippen LogP contribution < -0.4 is 26.2 Å². The minimum Gasteiger partial charge on any atom is -0.489 e. The second-order valence-electron chi connectivity index (χ2n) is 8.16. The number of rotatable bonds is 6. The summed E-state index contributed by atoms with van der Waals surface area (Å²) in [6.45, 7) is 0.409. The van der Waals surface area contributed by atoms with Crippen LogP contribution in [-0.4, -0.2) is 18.2 Å². The molecular formula is C25H25ClN4O2. The third kappa shape index (κ3) is 4.43. The zero-order chi connectivity index (χ0) is 21.9. The monoisotopic (exact) mass is 448 g/mol. The van der Waals surface area contributed by atoms with Crippen LogP contribution in [0.2, 0.25) is 5.02 Å². The van der Waals surface area contributed by atoms with Crippen molar-refractivity contribution in [3.8, 4) is 5.75 Å². The molecule has 3 aromatic carbocycles. The Morgan fingerprint density at radius 2 is 1.69 bits per heavy atom. The van der Waals surface area contributed by atoms with Crippen LogP contribution in [0.3, 0.4) is 0 Å². The van der Waals surface area contributed by atoms with Crippen molar-refractivity contribution in [1.82, 2.24) is 16.2 Å². The van der Waals surface area contributed by atoms with Gasteiger partial charge in [-0.3, -0.25) is 4.79 Å². The number of para-hydroxylation sites is 1. The van der Waals surface area contributed by atoms with Gasteiger partial charge in [-0.2, -0.15) is 0 Å². The van der Waals surface area contributed by atoms with Gasteiger partial charge in [0, 0.05) is 34.5 Å². The largest absolute Gasteiger partial charge is 0.489 e. The van der Waals surface area contributed by atoms with Gasteiger partial charge in [0.2, 0.25) is 5.91 Å². The Labute approximate surface area is 192 Å². The molecule has 0 bridgehead atoms. The molecule has 3 aromatic rings. The molecule has 0 aromatic heterocycles. The van der Waals surface area contributed by atoms with Gasteiger partial charge in [0.1, 0.15) is 12.4 Å². The van der Waals surface area contributed by atoms with Gasteiger partial charge in [0.25, 0.3) is 0 Å². The molecule has 5 rings (SSSR count). The molecule has 2 aliphatic rings. The van der Waals surface area contributed by atoms with Crippen LogP contribution in [-0.2, 0) is 11.4 Å². The van der Waals surface area contributed by atoms with Crippen molar-refractivity contribution in [3.63, 3.8) is 0 Å². The predicted octanol–water partition coefficient (Wildman–Crippen LogP) is 4.01. The number of carbonyl (C=O) groups is 1. The van der Waals surface area contributed by atoms with Crippen molar-refractivity contribution in [3.05, 3.63) is 95.0 Å². The Balaban J connectivity index is 1.31. The Hall–Kier alpha value is -3.06. The van der Waals surface area contributed by atoms with E-state index in [0.717, 1.165) is 22.6 Å². The molecule has 2 aliphatic heterocycles. The van der Waals surface area contributed by atoms with E-state index in [1.807, 2.05) is 66.7 Å². The summed E-state index contributed by atoms with van der Waals surface area (Å²) in [5.74, 6) is 1.02. The molecular weight excluding hydrogens is 424 g/mol. The Morgan fingerprint density at radius 1 is 0.938 bits per heavy atom. The number of fused-ring (bicyclic) bond motifs is 1. The predicted molar refractivity (Wildman–Crippen MR) is 125 cm³/mol. The van der Waals surface area contributed by atoms with Crippen LogP contribution in [0, 0.1) is 5.92 Å². The van der Waals surface area contributed by atoms with Crippen LogP contribution >= 0.6 is 11.6 Å². The molecule has 4 atom stereocenters. The minimum absolute atomic E-state index is 0.0239.